The summed E-state index contributed by atoms with van der Waals surface area (Å²) in [5.74, 6) is 2.04. The van der Waals surface area contributed by atoms with Crippen molar-refractivity contribution in [3.8, 4) is 0 Å². The van der Waals surface area contributed by atoms with Crippen molar-refractivity contribution in [1.82, 2.24) is 30.5 Å². The highest BCUT2D eigenvalue weighted by atomic mass is 35.5. The number of amides is 5. The average Bonchev–Trinajstić information content (AvgIpc) is 3.39. The molecule has 0 spiro atoms. The molecule has 20 nitrogen and oxygen atoms in total. The number of rotatable bonds is 17. The van der Waals surface area contributed by atoms with E-state index in [4.69, 9.17) is 11.6 Å². The number of hydrazine groups is 2. The van der Waals surface area contributed by atoms with Gasteiger partial charge in [-0.2, -0.15) is 0 Å². The van der Waals surface area contributed by atoms with Crippen LogP contribution in [-0.4, -0.2) is 127 Å². The lowest BCUT2D eigenvalue weighted by Gasteiger charge is -2.38. The van der Waals surface area contributed by atoms with Crippen LogP contribution in [0.25, 0.3) is 0 Å². The molecule has 7 N–H and O–H groups in total. The Morgan fingerprint density at radius 2 is 0.795 bits per heavy atom. The number of nitrogens with two attached hydrogens (primary N) is 2. The zero-order chi connectivity index (χ0) is 63.2. The molecule has 458 valence electrons. The maximum Gasteiger partial charge on any atom is 0.403 e. The highest BCUT2D eigenvalue weighted by Crippen LogP contribution is 2.31. The summed E-state index contributed by atoms with van der Waals surface area (Å²) in [6.45, 7) is 30.4. The maximum atomic E-state index is 13.6. The van der Waals surface area contributed by atoms with Crippen molar-refractivity contribution in [2.75, 3.05) is 26.2 Å². The predicted molar refractivity (Wildman–Crippen MR) is 318 cm³/mol. The van der Waals surface area contributed by atoms with E-state index >= 15 is 0 Å². The lowest BCUT2D eigenvalue weighted by atomic mass is 9.83. The summed E-state index contributed by atoms with van der Waals surface area (Å²) in [4.78, 5) is 133. The standard InChI is InChI=1S/C34H42N4O6.C17H21NO4.C6H15N.C5H9ClO2.H4N2/c1-7-33(3,4)27(39)31(43)37-19-23-15-11-9-13-21(23)17-25(37)29(41)35-36-30(42)26-18-22-14-10-12-16-24(22)20-38(26)32(44)28(40)34(5,6)8-2;1-4-17(2,3)14(19)15(20)18-10-12-8-6-5-7-11(12)9-13(18)16(21)22;1-4-7(5-2)6-3;1-4(2)3-8-5(6)7;1-2/h9-16,25-26H,7-8,17-20H2,1-6H3,(H,35,41)(H,36,42);5-8,13H,4,9-10H2,1-3H3,(H,21,22);4-6H2,1-3H3;4H,3H2,1-2H3;1-2H2/t25-,26?;13-;;;/m00.../s1. The first kappa shape index (κ1) is 72.2. The van der Waals surface area contributed by atoms with Crippen LogP contribution in [0.2, 0.25) is 0 Å². The van der Waals surface area contributed by atoms with Crippen LogP contribution < -0.4 is 22.5 Å². The first-order valence-corrected chi connectivity index (χ1v) is 28.8. The molecule has 1 unspecified atom stereocenters. The normalized spacial score (nSPS) is 16.1. The molecule has 3 aromatic rings. The minimum absolute atomic E-state index is 0.0730. The Morgan fingerprint density at radius 3 is 1.01 bits per heavy atom. The van der Waals surface area contributed by atoms with Gasteiger partial charge in [0, 0.05) is 66.7 Å². The van der Waals surface area contributed by atoms with Crippen molar-refractivity contribution in [3.05, 3.63) is 106 Å². The molecular weight excluding hydrogens is 1080 g/mol. The second-order valence-corrected chi connectivity index (χ2v) is 23.2. The van der Waals surface area contributed by atoms with Gasteiger partial charge < -0.3 is 29.4 Å². The molecule has 0 aromatic heterocycles. The Bertz CT molecular complexity index is 2620. The molecule has 5 amide bonds. The molecule has 0 bridgehead atoms. The monoisotopic (exact) mass is 1170 g/mol. The van der Waals surface area contributed by atoms with Crippen LogP contribution in [0, 0.1) is 22.2 Å². The second kappa shape index (κ2) is 33.4. The van der Waals surface area contributed by atoms with E-state index in [1.807, 2.05) is 107 Å². The molecule has 3 atom stereocenters. The number of nitrogens with zero attached hydrogens (tertiary/aromatic N) is 4. The van der Waals surface area contributed by atoms with E-state index in [0.29, 0.717) is 31.8 Å². The predicted octanol–water partition coefficient (Wildman–Crippen LogP) is 7.27. The number of carboxylic acids is 1. The van der Waals surface area contributed by atoms with E-state index in [2.05, 4.69) is 52.9 Å². The molecule has 21 heteroatoms. The van der Waals surface area contributed by atoms with Gasteiger partial charge in [-0.25, -0.2) is 9.59 Å². The third-order valence-corrected chi connectivity index (χ3v) is 15.8. The lowest BCUT2D eigenvalue weighted by molar-refractivity contribution is -0.157. The van der Waals surface area contributed by atoms with E-state index in [1.54, 1.807) is 41.5 Å². The number of nitrogens with one attached hydrogen (secondary N) is 2. The number of benzene rings is 3. The second-order valence-electron chi connectivity index (χ2n) is 22.8. The molecular formula is C62H91ClN8O12. The van der Waals surface area contributed by atoms with Crippen molar-refractivity contribution in [2.24, 2.45) is 33.8 Å². The van der Waals surface area contributed by atoms with Gasteiger partial charge in [0.25, 0.3) is 29.5 Å². The molecule has 0 saturated heterocycles. The number of hydrogen-bond donors (Lipinski definition) is 5. The van der Waals surface area contributed by atoms with E-state index in [0.717, 1.165) is 33.4 Å². The van der Waals surface area contributed by atoms with Gasteiger partial charge in [-0.05, 0) is 78.2 Å². The third kappa shape index (κ3) is 20.2. The molecule has 6 rings (SSSR count). The summed E-state index contributed by atoms with van der Waals surface area (Å²) in [6, 6.07) is 19.1. The Balaban J connectivity index is 0.000000495. The first-order valence-electron chi connectivity index (χ1n) is 28.4. The van der Waals surface area contributed by atoms with Crippen LogP contribution in [0.1, 0.15) is 150 Å². The molecule has 83 heavy (non-hydrogen) atoms. The summed E-state index contributed by atoms with van der Waals surface area (Å²) in [5.41, 5.74) is 6.80. The summed E-state index contributed by atoms with van der Waals surface area (Å²) in [5, 5.41) is 9.42. The van der Waals surface area contributed by atoms with Crippen molar-refractivity contribution < 1.29 is 57.8 Å². The number of Topliss-reactive ketones (excluding diaryl/α,β-unsaturated/α-hetero) is 3. The smallest absolute Gasteiger partial charge is 0.403 e. The molecule has 3 heterocycles. The highest BCUT2D eigenvalue weighted by molar-refractivity contribution is 6.61. The maximum absolute atomic E-state index is 13.6. The largest absolute Gasteiger partial charge is 0.480 e. The molecule has 3 aliphatic rings. The Morgan fingerprint density at radius 1 is 0.530 bits per heavy atom. The zero-order valence-electron chi connectivity index (χ0n) is 51.2. The zero-order valence-corrected chi connectivity index (χ0v) is 51.9. The van der Waals surface area contributed by atoms with Gasteiger partial charge in [0.1, 0.15) is 18.1 Å². The van der Waals surface area contributed by atoms with E-state index in [1.165, 1.54) is 34.3 Å². The fourth-order valence-corrected chi connectivity index (χ4v) is 8.90. The van der Waals surface area contributed by atoms with E-state index < -0.39 is 92.7 Å². The van der Waals surface area contributed by atoms with Gasteiger partial charge >= 0.3 is 11.4 Å². The number of ether oxygens (including phenoxy) is 1. The van der Waals surface area contributed by atoms with Gasteiger partial charge in [-0.1, -0.05) is 170 Å². The SMILES string of the molecule is CC(C)COC(=O)Cl.CCC(C)(C)C(=O)C(=O)N1Cc2ccccc2CC1C(=O)NNC(=O)[C@@H]1Cc2ccccc2CN1C(=O)C(=O)C(C)(C)CC.CCC(C)(C)C(=O)C(=O)N1Cc2ccccc2C[C@H]1C(=O)O.CCN(CC)CC.NN. The highest BCUT2D eigenvalue weighted by Gasteiger charge is 2.45. The van der Waals surface area contributed by atoms with Gasteiger partial charge in [0.2, 0.25) is 17.3 Å². The number of carboxylic acid groups (broad SMARTS) is 1. The summed E-state index contributed by atoms with van der Waals surface area (Å²) < 4.78 is 4.43. The number of hydrogen-bond acceptors (Lipinski definition) is 14. The number of aliphatic carboxylic acids is 1. The first-order chi connectivity index (χ1) is 39.0. The minimum Gasteiger partial charge on any atom is -0.480 e. The van der Waals surface area contributed by atoms with Crippen molar-refractivity contribution >= 4 is 69.9 Å². The van der Waals surface area contributed by atoms with Crippen LogP contribution in [0.4, 0.5) is 4.79 Å². The van der Waals surface area contributed by atoms with Crippen molar-refractivity contribution in [1.29, 1.82) is 0 Å². The van der Waals surface area contributed by atoms with Crippen LogP contribution in [-0.2, 0) is 86.8 Å². The van der Waals surface area contributed by atoms with Gasteiger partial charge in [0.05, 0.1) is 6.61 Å². The Labute approximate surface area is 495 Å². The fourth-order valence-electron chi connectivity index (χ4n) is 8.83. The van der Waals surface area contributed by atoms with E-state index in [9.17, 15) is 53.1 Å². The molecule has 0 saturated carbocycles. The number of carbonyl (C=O) groups excluding carboxylic acids is 9. The minimum atomic E-state index is -1.08. The summed E-state index contributed by atoms with van der Waals surface area (Å²) >= 11 is 4.86. The number of ketones is 3. The molecule has 0 aliphatic carbocycles. The van der Waals surface area contributed by atoms with Crippen LogP contribution in [0.15, 0.2) is 72.8 Å². The molecule has 0 radical (unpaired) electrons. The number of fused-ring (bicyclic) bond motifs is 3. The van der Waals surface area contributed by atoms with Crippen molar-refractivity contribution in [3.63, 3.8) is 0 Å². The third-order valence-electron chi connectivity index (χ3n) is 15.7. The van der Waals surface area contributed by atoms with Gasteiger partial charge in [0.15, 0.2) is 0 Å². The summed E-state index contributed by atoms with van der Waals surface area (Å²) in [7, 11) is 0. The number of carbonyl (C=O) groups is 10. The molecule has 3 aliphatic heterocycles. The number of halogens is 1. The summed E-state index contributed by atoms with van der Waals surface area (Å²) in [6.07, 6.45) is 1.98. The van der Waals surface area contributed by atoms with E-state index in [-0.39, 0.29) is 38.9 Å². The molecule has 3 aromatic carbocycles. The van der Waals surface area contributed by atoms with Crippen LogP contribution >= 0.6 is 11.6 Å². The lowest BCUT2D eigenvalue weighted by Crippen LogP contribution is -2.61. The quantitative estimate of drug-likeness (QED) is 0.0385. The average molecular weight is 1180 g/mol. The Hall–Kier alpha value is -6.87. The molecule has 0 fully saturated rings. The van der Waals surface area contributed by atoms with Crippen molar-refractivity contribution in [2.45, 2.75) is 173 Å². The topological polar surface area (TPSA) is 289 Å². The van der Waals surface area contributed by atoms with Crippen LogP contribution in [0.5, 0.6) is 0 Å². The Kier molecular flexibility index (Phi) is 29.1. The fraction of sp³-hybridized carbons (Fsp3) is 0.548. The van der Waals surface area contributed by atoms with Gasteiger partial charge in [-0.15, -0.1) is 0 Å². The van der Waals surface area contributed by atoms with Gasteiger partial charge in [-0.3, -0.25) is 60.9 Å². The van der Waals surface area contributed by atoms with Crippen LogP contribution in [0.3, 0.4) is 0 Å².